The Morgan fingerprint density at radius 1 is 1.19 bits per heavy atom. The smallest absolute Gasteiger partial charge is 0.387 e. The van der Waals surface area contributed by atoms with Crippen molar-refractivity contribution in [1.82, 2.24) is 19.2 Å². The predicted molar refractivity (Wildman–Crippen MR) is 134 cm³/mol. The molecule has 198 valence electrons. The van der Waals surface area contributed by atoms with Crippen molar-refractivity contribution in [2.75, 3.05) is 18.0 Å². The second-order valence-electron chi connectivity index (χ2n) is 9.36. The molecule has 1 unspecified atom stereocenters. The lowest BCUT2D eigenvalue weighted by Crippen LogP contribution is -2.58. The SMILES string of the molecule is CC[C@H]1CN(C(C)c2ccc(F)cc2OC(F)F)[C@H](CC)CN1c1cc(=O)n(C)c2cn(CC#N)nc12. The van der Waals surface area contributed by atoms with E-state index in [9.17, 15) is 18.0 Å². The number of rotatable bonds is 8. The van der Waals surface area contributed by atoms with E-state index in [4.69, 9.17) is 5.26 Å². The molecule has 1 fully saturated rings. The maximum atomic E-state index is 13.8. The number of piperazine rings is 1. The van der Waals surface area contributed by atoms with Crippen molar-refractivity contribution >= 4 is 16.7 Å². The van der Waals surface area contributed by atoms with Gasteiger partial charge in [-0.15, -0.1) is 0 Å². The molecule has 1 saturated heterocycles. The Morgan fingerprint density at radius 2 is 1.92 bits per heavy atom. The van der Waals surface area contributed by atoms with Gasteiger partial charge in [-0.05, 0) is 25.8 Å². The number of fused-ring (bicyclic) bond motifs is 1. The highest BCUT2D eigenvalue weighted by Crippen LogP contribution is 2.37. The quantitative estimate of drug-likeness (QED) is 0.441. The highest BCUT2D eigenvalue weighted by Gasteiger charge is 2.37. The first-order valence-corrected chi connectivity index (χ1v) is 12.4. The number of nitrogens with zero attached hydrogens (tertiary/aromatic N) is 6. The van der Waals surface area contributed by atoms with E-state index in [1.54, 1.807) is 19.3 Å². The first kappa shape index (κ1) is 26.5. The standard InChI is InChI=1S/C26H31F3N6O2/c1-5-18-14-35(21-12-24(36)32(4)22-15-33(10-9-30)31-25(21)22)19(6-2)13-34(18)16(3)20-8-7-17(27)11-23(20)37-26(28)29/h7-8,11-12,15-16,18-19,26H,5-6,10,13-14H2,1-4H3/t16?,18-,19+/m1/s1. The van der Waals surface area contributed by atoms with Gasteiger partial charge >= 0.3 is 6.61 Å². The fourth-order valence-electron chi connectivity index (χ4n) is 5.30. The summed E-state index contributed by atoms with van der Waals surface area (Å²) < 4.78 is 47.7. The number of aromatic nitrogens is 3. The number of halogens is 3. The van der Waals surface area contributed by atoms with E-state index in [0.29, 0.717) is 29.7 Å². The minimum absolute atomic E-state index is 0.00147. The molecule has 1 aliphatic rings. The lowest BCUT2D eigenvalue weighted by Gasteiger charge is -2.49. The van der Waals surface area contributed by atoms with Crippen LogP contribution in [0.2, 0.25) is 0 Å². The van der Waals surface area contributed by atoms with Crippen LogP contribution in [0.4, 0.5) is 18.9 Å². The molecule has 37 heavy (non-hydrogen) atoms. The van der Waals surface area contributed by atoms with Crippen molar-refractivity contribution in [2.45, 2.75) is 64.9 Å². The van der Waals surface area contributed by atoms with Crippen molar-refractivity contribution in [3.63, 3.8) is 0 Å². The van der Waals surface area contributed by atoms with Gasteiger partial charge in [0.2, 0.25) is 0 Å². The third-order valence-corrected chi connectivity index (χ3v) is 7.30. The van der Waals surface area contributed by atoms with E-state index < -0.39 is 12.4 Å². The van der Waals surface area contributed by atoms with Gasteiger partial charge in [-0.3, -0.25) is 14.4 Å². The third kappa shape index (κ3) is 5.16. The van der Waals surface area contributed by atoms with Crippen LogP contribution in [0.15, 0.2) is 35.3 Å². The van der Waals surface area contributed by atoms with Gasteiger partial charge in [0, 0.05) is 56.0 Å². The summed E-state index contributed by atoms with van der Waals surface area (Å²) in [6, 6.07) is 7.14. The summed E-state index contributed by atoms with van der Waals surface area (Å²) in [5, 5.41) is 13.7. The number of anilines is 1. The molecule has 0 bridgehead atoms. The van der Waals surface area contributed by atoms with Gasteiger partial charge in [-0.2, -0.15) is 19.1 Å². The van der Waals surface area contributed by atoms with Gasteiger partial charge in [0.15, 0.2) is 0 Å². The Bertz CT molecular complexity index is 1360. The van der Waals surface area contributed by atoms with Crippen molar-refractivity contribution in [2.24, 2.45) is 7.05 Å². The Hall–Kier alpha value is -3.52. The van der Waals surface area contributed by atoms with Crippen LogP contribution in [0.25, 0.3) is 11.0 Å². The van der Waals surface area contributed by atoms with Crippen LogP contribution >= 0.6 is 0 Å². The van der Waals surface area contributed by atoms with Crippen LogP contribution in [0, 0.1) is 17.1 Å². The van der Waals surface area contributed by atoms with Crippen molar-refractivity contribution in [3.05, 3.63) is 52.2 Å². The van der Waals surface area contributed by atoms with E-state index in [1.807, 2.05) is 6.92 Å². The zero-order valence-corrected chi connectivity index (χ0v) is 21.4. The lowest BCUT2D eigenvalue weighted by atomic mass is 9.96. The summed E-state index contributed by atoms with van der Waals surface area (Å²) in [6.07, 6.45) is 3.23. The van der Waals surface area contributed by atoms with E-state index in [-0.39, 0.29) is 36.0 Å². The predicted octanol–water partition coefficient (Wildman–Crippen LogP) is 4.44. The molecular weight excluding hydrogens is 485 g/mol. The summed E-state index contributed by atoms with van der Waals surface area (Å²) in [6.45, 7) is 4.22. The average molecular weight is 517 g/mol. The highest BCUT2D eigenvalue weighted by molar-refractivity contribution is 5.88. The average Bonchev–Trinajstić information content (AvgIpc) is 3.29. The maximum absolute atomic E-state index is 13.8. The number of alkyl halides is 2. The van der Waals surface area contributed by atoms with Crippen LogP contribution in [-0.2, 0) is 13.6 Å². The second kappa shape index (κ2) is 10.8. The molecular formula is C26H31F3N6O2. The fraction of sp³-hybridized carbons (Fsp3) is 0.500. The molecule has 0 N–H and O–H groups in total. The van der Waals surface area contributed by atoms with Crippen molar-refractivity contribution < 1.29 is 17.9 Å². The molecule has 8 nitrogen and oxygen atoms in total. The number of hydrogen-bond donors (Lipinski definition) is 0. The van der Waals surface area contributed by atoms with Gasteiger partial charge in [0.25, 0.3) is 5.56 Å². The van der Waals surface area contributed by atoms with Crippen LogP contribution in [0.1, 0.15) is 45.2 Å². The van der Waals surface area contributed by atoms with Crippen LogP contribution in [0.5, 0.6) is 5.75 Å². The zero-order valence-electron chi connectivity index (χ0n) is 21.4. The van der Waals surface area contributed by atoms with Crippen LogP contribution in [0.3, 0.4) is 0 Å². The van der Waals surface area contributed by atoms with Gasteiger partial charge in [0.1, 0.15) is 23.6 Å². The number of benzene rings is 1. The molecule has 1 aliphatic heterocycles. The van der Waals surface area contributed by atoms with Crippen molar-refractivity contribution in [1.29, 1.82) is 5.26 Å². The molecule has 11 heteroatoms. The number of hydrogen-bond acceptors (Lipinski definition) is 6. The van der Waals surface area contributed by atoms with Gasteiger partial charge in [-0.1, -0.05) is 19.9 Å². The molecule has 1 aromatic carbocycles. The molecule has 0 amide bonds. The summed E-state index contributed by atoms with van der Waals surface area (Å²) in [5.74, 6) is -0.801. The topological polar surface area (TPSA) is 79.3 Å². The van der Waals surface area contributed by atoms with E-state index >= 15 is 0 Å². The molecule has 4 rings (SSSR count). The zero-order chi connectivity index (χ0) is 26.9. The molecule has 0 saturated carbocycles. The highest BCUT2D eigenvalue weighted by atomic mass is 19.3. The molecule has 3 heterocycles. The summed E-state index contributed by atoms with van der Waals surface area (Å²) >= 11 is 0. The third-order valence-electron chi connectivity index (χ3n) is 7.30. The van der Waals surface area contributed by atoms with Gasteiger partial charge in [0.05, 0.1) is 23.5 Å². The molecule has 0 radical (unpaired) electrons. The first-order valence-electron chi connectivity index (χ1n) is 12.4. The number of pyridine rings is 1. The molecule has 2 aromatic heterocycles. The van der Waals surface area contributed by atoms with Crippen LogP contribution < -0.4 is 15.2 Å². The molecule has 3 atom stereocenters. The second-order valence-corrected chi connectivity index (χ2v) is 9.36. The maximum Gasteiger partial charge on any atom is 0.387 e. The Kier molecular flexibility index (Phi) is 7.78. The number of nitriles is 1. The normalized spacial score (nSPS) is 19.4. The lowest BCUT2D eigenvalue weighted by molar-refractivity contribution is -0.0516. The first-order chi connectivity index (χ1) is 17.7. The Labute approximate surface area is 213 Å². The molecule has 0 aliphatic carbocycles. The fourth-order valence-corrected chi connectivity index (χ4v) is 5.30. The molecule has 3 aromatic rings. The minimum Gasteiger partial charge on any atom is -0.434 e. The van der Waals surface area contributed by atoms with E-state index in [0.717, 1.165) is 24.6 Å². The number of ether oxygens (including phenoxy) is 1. The Morgan fingerprint density at radius 3 is 2.57 bits per heavy atom. The number of aryl methyl sites for hydroxylation is 1. The van der Waals surface area contributed by atoms with E-state index in [2.05, 4.69) is 39.6 Å². The van der Waals surface area contributed by atoms with E-state index in [1.165, 1.54) is 21.4 Å². The molecule has 0 spiro atoms. The van der Waals surface area contributed by atoms with Gasteiger partial charge in [-0.25, -0.2) is 4.39 Å². The monoisotopic (exact) mass is 516 g/mol. The largest absolute Gasteiger partial charge is 0.434 e. The minimum atomic E-state index is -3.06. The summed E-state index contributed by atoms with van der Waals surface area (Å²) in [7, 11) is 1.68. The van der Waals surface area contributed by atoms with Gasteiger partial charge < -0.3 is 14.2 Å². The Balaban J connectivity index is 1.72. The summed E-state index contributed by atoms with van der Waals surface area (Å²) in [5.41, 5.74) is 2.35. The summed E-state index contributed by atoms with van der Waals surface area (Å²) in [4.78, 5) is 17.3. The van der Waals surface area contributed by atoms with Crippen LogP contribution in [-0.4, -0.2) is 51.0 Å². The van der Waals surface area contributed by atoms with Crippen molar-refractivity contribution in [3.8, 4) is 11.8 Å².